The van der Waals surface area contributed by atoms with Crippen molar-refractivity contribution in [2.45, 2.75) is 64.8 Å². The van der Waals surface area contributed by atoms with Gasteiger partial charge in [-0.3, -0.25) is 9.59 Å². The molecular formula is C18H28N2O2. The number of allylic oxidation sites excluding steroid dienone is 2. The summed E-state index contributed by atoms with van der Waals surface area (Å²) in [6.07, 6.45) is 10.8. The van der Waals surface area contributed by atoms with Gasteiger partial charge in [-0.15, -0.1) is 0 Å². The molecule has 0 radical (unpaired) electrons. The molecule has 0 fully saturated rings. The molecule has 4 heteroatoms. The molecule has 2 N–H and O–H groups in total. The van der Waals surface area contributed by atoms with Crippen molar-refractivity contribution in [2.24, 2.45) is 5.92 Å². The third-order valence-corrected chi connectivity index (χ3v) is 4.27. The SMILES string of the molecule is CC(C)CC(CNC(=O)C1=CCCC1)NC(=O)C1=CCCC1. The Morgan fingerprint density at radius 2 is 1.64 bits per heavy atom. The summed E-state index contributed by atoms with van der Waals surface area (Å²) in [7, 11) is 0. The van der Waals surface area contributed by atoms with Crippen molar-refractivity contribution in [1.82, 2.24) is 10.6 Å². The van der Waals surface area contributed by atoms with E-state index in [2.05, 4.69) is 24.5 Å². The van der Waals surface area contributed by atoms with Crippen LogP contribution in [0.1, 0.15) is 58.8 Å². The average molecular weight is 304 g/mol. The van der Waals surface area contributed by atoms with Gasteiger partial charge < -0.3 is 10.6 Å². The molecule has 0 saturated heterocycles. The van der Waals surface area contributed by atoms with Crippen LogP contribution in [0.4, 0.5) is 0 Å². The summed E-state index contributed by atoms with van der Waals surface area (Å²) in [5.74, 6) is 0.545. The molecule has 0 aliphatic heterocycles. The second-order valence-corrected chi connectivity index (χ2v) is 6.75. The number of carbonyl (C=O) groups is 2. The molecule has 4 nitrogen and oxygen atoms in total. The number of nitrogens with one attached hydrogen (secondary N) is 2. The zero-order valence-corrected chi connectivity index (χ0v) is 13.8. The van der Waals surface area contributed by atoms with Crippen molar-refractivity contribution < 1.29 is 9.59 Å². The highest BCUT2D eigenvalue weighted by molar-refractivity contribution is 5.95. The van der Waals surface area contributed by atoms with Crippen molar-refractivity contribution >= 4 is 11.8 Å². The van der Waals surface area contributed by atoms with E-state index in [1.165, 1.54) is 0 Å². The second kappa shape index (κ2) is 8.16. The molecule has 2 aliphatic carbocycles. The van der Waals surface area contributed by atoms with Gasteiger partial charge in [0.1, 0.15) is 0 Å². The molecule has 0 saturated carbocycles. The van der Waals surface area contributed by atoms with E-state index in [1.54, 1.807) is 0 Å². The van der Waals surface area contributed by atoms with Crippen LogP contribution in [0.2, 0.25) is 0 Å². The minimum atomic E-state index is -0.0000435. The Morgan fingerprint density at radius 3 is 2.14 bits per heavy atom. The lowest BCUT2D eigenvalue weighted by Gasteiger charge is -2.21. The molecular weight excluding hydrogens is 276 g/mol. The Labute approximate surface area is 133 Å². The number of carbonyl (C=O) groups excluding carboxylic acids is 2. The first kappa shape index (κ1) is 16.8. The van der Waals surface area contributed by atoms with Crippen LogP contribution in [0.25, 0.3) is 0 Å². The molecule has 2 amide bonds. The molecule has 0 aromatic rings. The van der Waals surface area contributed by atoms with Crippen molar-refractivity contribution in [3.63, 3.8) is 0 Å². The van der Waals surface area contributed by atoms with Gasteiger partial charge in [0.25, 0.3) is 0 Å². The van der Waals surface area contributed by atoms with E-state index < -0.39 is 0 Å². The molecule has 22 heavy (non-hydrogen) atoms. The summed E-state index contributed by atoms with van der Waals surface area (Å²) in [5.41, 5.74) is 1.80. The predicted octanol–water partition coefficient (Wildman–Crippen LogP) is 2.85. The topological polar surface area (TPSA) is 58.2 Å². The van der Waals surface area contributed by atoms with Gasteiger partial charge >= 0.3 is 0 Å². The van der Waals surface area contributed by atoms with Crippen molar-refractivity contribution in [2.75, 3.05) is 6.54 Å². The van der Waals surface area contributed by atoms with Crippen LogP contribution in [-0.2, 0) is 9.59 Å². The quantitative estimate of drug-likeness (QED) is 0.760. The van der Waals surface area contributed by atoms with Crippen LogP contribution >= 0.6 is 0 Å². The Morgan fingerprint density at radius 1 is 1.05 bits per heavy atom. The number of hydrogen-bond donors (Lipinski definition) is 2. The molecule has 1 atom stereocenters. The fraction of sp³-hybridized carbons (Fsp3) is 0.667. The summed E-state index contributed by atoms with van der Waals surface area (Å²) < 4.78 is 0. The lowest BCUT2D eigenvalue weighted by atomic mass is 10.0. The van der Waals surface area contributed by atoms with Crippen LogP contribution in [-0.4, -0.2) is 24.4 Å². The van der Waals surface area contributed by atoms with Gasteiger partial charge in [0.15, 0.2) is 0 Å². The Balaban J connectivity index is 1.85. The summed E-state index contributed by atoms with van der Waals surface area (Å²) in [4.78, 5) is 24.3. The summed E-state index contributed by atoms with van der Waals surface area (Å²) >= 11 is 0. The molecule has 122 valence electrons. The van der Waals surface area contributed by atoms with Gasteiger partial charge in [-0.1, -0.05) is 26.0 Å². The highest BCUT2D eigenvalue weighted by Gasteiger charge is 2.20. The maximum atomic E-state index is 12.2. The fourth-order valence-corrected chi connectivity index (χ4v) is 3.12. The van der Waals surface area contributed by atoms with Crippen LogP contribution in [0.3, 0.4) is 0 Å². The van der Waals surface area contributed by atoms with Gasteiger partial charge in [-0.25, -0.2) is 0 Å². The van der Waals surface area contributed by atoms with Gasteiger partial charge in [0.05, 0.1) is 0 Å². The highest BCUT2D eigenvalue weighted by atomic mass is 16.2. The third kappa shape index (κ3) is 5.00. The molecule has 0 heterocycles. The lowest BCUT2D eigenvalue weighted by molar-refractivity contribution is -0.120. The molecule has 2 rings (SSSR count). The summed E-state index contributed by atoms with van der Waals surface area (Å²) in [6, 6.07) is -0.0000435. The first-order valence-corrected chi connectivity index (χ1v) is 8.53. The van der Waals surface area contributed by atoms with Gasteiger partial charge in [-0.2, -0.15) is 0 Å². The van der Waals surface area contributed by atoms with E-state index in [1.807, 2.05) is 12.2 Å². The van der Waals surface area contributed by atoms with E-state index >= 15 is 0 Å². The van der Waals surface area contributed by atoms with Crippen molar-refractivity contribution in [1.29, 1.82) is 0 Å². The van der Waals surface area contributed by atoms with E-state index in [9.17, 15) is 9.59 Å². The Bertz CT molecular complexity index is 477. The smallest absolute Gasteiger partial charge is 0.247 e. The Kier molecular flexibility index (Phi) is 6.22. The van der Waals surface area contributed by atoms with Gasteiger partial charge in [0, 0.05) is 23.7 Å². The van der Waals surface area contributed by atoms with Gasteiger partial charge in [0.2, 0.25) is 11.8 Å². The maximum absolute atomic E-state index is 12.2. The highest BCUT2D eigenvalue weighted by Crippen LogP contribution is 2.19. The minimum absolute atomic E-state index is 0.0000435. The van der Waals surface area contributed by atoms with Gasteiger partial charge in [-0.05, 0) is 50.9 Å². The van der Waals surface area contributed by atoms with Crippen LogP contribution in [0.15, 0.2) is 23.3 Å². The lowest BCUT2D eigenvalue weighted by Crippen LogP contribution is -2.45. The van der Waals surface area contributed by atoms with Crippen LogP contribution in [0, 0.1) is 5.92 Å². The summed E-state index contributed by atoms with van der Waals surface area (Å²) in [6.45, 7) is 4.78. The molecule has 0 aromatic heterocycles. The van der Waals surface area contributed by atoms with Crippen LogP contribution in [0.5, 0.6) is 0 Å². The fourth-order valence-electron chi connectivity index (χ4n) is 3.12. The predicted molar refractivity (Wildman–Crippen MR) is 88.3 cm³/mol. The molecule has 0 bridgehead atoms. The summed E-state index contributed by atoms with van der Waals surface area (Å²) in [5, 5.41) is 6.08. The number of rotatable bonds is 7. The first-order valence-electron chi connectivity index (χ1n) is 8.53. The first-order chi connectivity index (χ1) is 10.6. The molecule has 0 aromatic carbocycles. The van der Waals surface area contributed by atoms with E-state index in [0.29, 0.717) is 12.5 Å². The minimum Gasteiger partial charge on any atom is -0.350 e. The van der Waals surface area contributed by atoms with Crippen molar-refractivity contribution in [3.8, 4) is 0 Å². The zero-order chi connectivity index (χ0) is 15.9. The van der Waals surface area contributed by atoms with Crippen molar-refractivity contribution in [3.05, 3.63) is 23.3 Å². The maximum Gasteiger partial charge on any atom is 0.247 e. The van der Waals surface area contributed by atoms with E-state index in [4.69, 9.17) is 0 Å². The van der Waals surface area contributed by atoms with Crippen LogP contribution < -0.4 is 10.6 Å². The average Bonchev–Trinajstić information content (AvgIpc) is 3.15. The number of amides is 2. The monoisotopic (exact) mass is 304 g/mol. The Hall–Kier alpha value is -1.58. The zero-order valence-electron chi connectivity index (χ0n) is 13.8. The molecule has 1 unspecified atom stereocenters. The third-order valence-electron chi connectivity index (χ3n) is 4.27. The molecule has 2 aliphatic rings. The molecule has 0 spiro atoms. The standard InChI is InChI=1S/C18H28N2O2/c1-13(2)11-16(20-18(22)15-9-5-6-10-15)12-19-17(21)14-7-3-4-8-14/h7,9,13,16H,3-6,8,10-12H2,1-2H3,(H,19,21)(H,20,22). The largest absolute Gasteiger partial charge is 0.350 e. The second-order valence-electron chi connectivity index (χ2n) is 6.75. The van der Waals surface area contributed by atoms with E-state index in [-0.39, 0.29) is 17.9 Å². The number of hydrogen-bond acceptors (Lipinski definition) is 2. The van der Waals surface area contributed by atoms with E-state index in [0.717, 1.165) is 56.1 Å². The normalized spacial score (nSPS) is 18.9.